The topological polar surface area (TPSA) is 75.3 Å². The van der Waals surface area contributed by atoms with Gasteiger partial charge in [-0.25, -0.2) is 13.1 Å². The van der Waals surface area contributed by atoms with Crippen molar-refractivity contribution >= 4 is 55.0 Å². The van der Waals surface area contributed by atoms with Crippen LogP contribution < -0.4 is 10.0 Å². The van der Waals surface area contributed by atoms with Gasteiger partial charge in [-0.1, -0.05) is 0 Å². The fourth-order valence-corrected chi connectivity index (χ4v) is 3.65. The van der Waals surface area contributed by atoms with Gasteiger partial charge in [-0.3, -0.25) is 4.79 Å². The van der Waals surface area contributed by atoms with Crippen molar-refractivity contribution in [2.75, 3.05) is 12.4 Å². The zero-order valence-corrected chi connectivity index (χ0v) is 14.8. The van der Waals surface area contributed by atoms with Crippen LogP contribution in [0.3, 0.4) is 0 Å². The van der Waals surface area contributed by atoms with E-state index in [1.54, 1.807) is 6.08 Å². The molecular weight excluding hydrogens is 388 g/mol. The molecule has 2 aromatic rings. The predicted molar refractivity (Wildman–Crippen MR) is 92.4 cm³/mol. The van der Waals surface area contributed by atoms with E-state index in [-0.39, 0.29) is 10.8 Å². The van der Waals surface area contributed by atoms with Gasteiger partial charge in [-0.2, -0.15) is 0 Å². The maximum atomic E-state index is 11.8. The second kappa shape index (κ2) is 7.19. The summed E-state index contributed by atoms with van der Waals surface area (Å²) in [5.41, 5.74) is 0.525. The Morgan fingerprint density at radius 2 is 1.86 bits per heavy atom. The number of halogens is 1. The second-order valence-electron chi connectivity index (χ2n) is 4.20. The number of hydrogen-bond donors (Lipinski definition) is 2. The maximum absolute atomic E-state index is 11.8. The first-order chi connectivity index (χ1) is 10.4. The van der Waals surface area contributed by atoms with E-state index in [0.717, 1.165) is 8.66 Å². The van der Waals surface area contributed by atoms with Crippen molar-refractivity contribution in [2.45, 2.75) is 4.90 Å². The van der Waals surface area contributed by atoms with Crippen molar-refractivity contribution < 1.29 is 13.2 Å². The van der Waals surface area contributed by atoms with Crippen LogP contribution in [0, 0.1) is 0 Å². The molecule has 0 bridgehead atoms. The van der Waals surface area contributed by atoms with Gasteiger partial charge in [0, 0.05) is 16.6 Å². The van der Waals surface area contributed by atoms with Gasteiger partial charge in [0.15, 0.2) is 0 Å². The SMILES string of the molecule is CNS(=O)(=O)c1ccc(NC(=O)/C=C/c2ccc(Br)s2)cc1. The number of anilines is 1. The van der Waals surface area contributed by atoms with Crippen molar-refractivity contribution in [3.05, 3.63) is 51.1 Å². The molecule has 0 fully saturated rings. The fraction of sp³-hybridized carbons (Fsp3) is 0.0714. The largest absolute Gasteiger partial charge is 0.323 e. The van der Waals surface area contributed by atoms with E-state index in [1.807, 2.05) is 12.1 Å². The van der Waals surface area contributed by atoms with E-state index in [2.05, 4.69) is 26.0 Å². The summed E-state index contributed by atoms with van der Waals surface area (Å²) in [5, 5.41) is 2.67. The molecule has 2 N–H and O–H groups in total. The van der Waals surface area contributed by atoms with Gasteiger partial charge in [0.05, 0.1) is 8.68 Å². The van der Waals surface area contributed by atoms with E-state index in [0.29, 0.717) is 5.69 Å². The molecule has 0 saturated heterocycles. The van der Waals surface area contributed by atoms with E-state index in [4.69, 9.17) is 0 Å². The highest BCUT2D eigenvalue weighted by Crippen LogP contribution is 2.23. The molecule has 0 aliphatic rings. The minimum atomic E-state index is -3.47. The molecule has 0 radical (unpaired) electrons. The van der Waals surface area contributed by atoms with Crippen LogP contribution in [0.15, 0.2) is 51.2 Å². The zero-order valence-electron chi connectivity index (χ0n) is 11.5. The number of benzene rings is 1. The third kappa shape index (κ3) is 4.51. The van der Waals surface area contributed by atoms with Crippen molar-refractivity contribution in [2.24, 2.45) is 0 Å². The zero-order chi connectivity index (χ0) is 16.2. The van der Waals surface area contributed by atoms with Crippen molar-refractivity contribution in [3.63, 3.8) is 0 Å². The van der Waals surface area contributed by atoms with Gasteiger partial charge < -0.3 is 5.32 Å². The van der Waals surface area contributed by atoms with E-state index < -0.39 is 10.0 Å². The standard InChI is InChI=1S/C14H13BrN2O3S2/c1-16-22(19,20)12-6-2-10(3-7-12)17-14(18)9-5-11-4-8-13(15)21-11/h2-9,16H,1H3,(H,17,18)/b9-5+. The summed E-state index contributed by atoms with van der Waals surface area (Å²) in [5.74, 6) is -0.284. The monoisotopic (exact) mass is 400 g/mol. The van der Waals surface area contributed by atoms with Gasteiger partial charge >= 0.3 is 0 Å². The lowest BCUT2D eigenvalue weighted by molar-refractivity contribution is -0.111. The van der Waals surface area contributed by atoms with Crippen molar-refractivity contribution in [3.8, 4) is 0 Å². The maximum Gasteiger partial charge on any atom is 0.248 e. The fourth-order valence-electron chi connectivity index (χ4n) is 1.59. The lowest BCUT2D eigenvalue weighted by Crippen LogP contribution is -2.18. The molecule has 8 heteroatoms. The Balaban J connectivity index is 2.01. The quantitative estimate of drug-likeness (QED) is 0.757. The van der Waals surface area contributed by atoms with Gasteiger partial charge in [0.1, 0.15) is 0 Å². The van der Waals surface area contributed by atoms with Crippen LogP contribution in [0.2, 0.25) is 0 Å². The molecule has 0 saturated carbocycles. The summed E-state index contributed by atoms with van der Waals surface area (Å²) >= 11 is 4.87. The minimum absolute atomic E-state index is 0.145. The molecule has 0 spiro atoms. The van der Waals surface area contributed by atoms with Crippen LogP contribution in [0.5, 0.6) is 0 Å². The number of carbonyl (C=O) groups excluding carboxylic acids is 1. The number of hydrogen-bond acceptors (Lipinski definition) is 4. The summed E-state index contributed by atoms with van der Waals surface area (Å²) in [6.45, 7) is 0. The second-order valence-corrected chi connectivity index (χ2v) is 8.58. The highest BCUT2D eigenvalue weighted by molar-refractivity contribution is 9.11. The smallest absolute Gasteiger partial charge is 0.248 e. The Kier molecular flexibility index (Phi) is 5.52. The number of rotatable bonds is 5. The molecule has 116 valence electrons. The number of nitrogens with one attached hydrogen (secondary N) is 2. The Hall–Kier alpha value is -1.48. The van der Waals surface area contributed by atoms with E-state index in [9.17, 15) is 13.2 Å². The highest BCUT2D eigenvalue weighted by atomic mass is 79.9. The van der Waals surface area contributed by atoms with Crippen LogP contribution in [0.25, 0.3) is 6.08 Å². The lowest BCUT2D eigenvalue weighted by Gasteiger charge is -2.05. The molecule has 1 aromatic heterocycles. The molecule has 0 atom stereocenters. The molecule has 2 rings (SSSR count). The van der Waals surface area contributed by atoms with Crippen molar-refractivity contribution in [1.29, 1.82) is 0 Å². The van der Waals surface area contributed by atoms with Gasteiger partial charge in [-0.15, -0.1) is 11.3 Å². The van der Waals surface area contributed by atoms with Crippen molar-refractivity contribution in [1.82, 2.24) is 4.72 Å². The third-order valence-corrected chi connectivity index (χ3v) is 5.71. The summed E-state index contributed by atoms with van der Waals surface area (Å²) < 4.78 is 26.4. The molecule has 0 aliphatic heterocycles. The molecule has 0 aliphatic carbocycles. The predicted octanol–water partition coefficient (Wildman–Crippen LogP) is 3.07. The normalized spacial score (nSPS) is 11.7. The number of sulfonamides is 1. The third-order valence-electron chi connectivity index (χ3n) is 2.69. The number of amides is 1. The highest BCUT2D eigenvalue weighted by Gasteiger charge is 2.10. The number of carbonyl (C=O) groups is 1. The van der Waals surface area contributed by atoms with Gasteiger partial charge in [-0.05, 0) is 65.5 Å². The lowest BCUT2D eigenvalue weighted by atomic mass is 10.3. The molecule has 22 heavy (non-hydrogen) atoms. The summed E-state index contributed by atoms with van der Waals surface area (Å²) in [6.07, 6.45) is 3.14. The first kappa shape index (κ1) is 16.9. The summed E-state index contributed by atoms with van der Waals surface area (Å²) in [7, 11) is -2.12. The van der Waals surface area contributed by atoms with Crippen LogP contribution >= 0.6 is 27.3 Å². The molecule has 5 nitrogen and oxygen atoms in total. The molecule has 1 aromatic carbocycles. The van der Waals surface area contributed by atoms with Crippen LogP contribution in [-0.4, -0.2) is 21.4 Å². The van der Waals surface area contributed by atoms with Gasteiger partial charge in [0.25, 0.3) is 0 Å². The average Bonchev–Trinajstić information content (AvgIpc) is 2.91. The van der Waals surface area contributed by atoms with E-state index >= 15 is 0 Å². The van der Waals surface area contributed by atoms with Gasteiger partial charge in [0.2, 0.25) is 15.9 Å². The molecule has 1 amide bonds. The van der Waals surface area contributed by atoms with Crippen LogP contribution in [0.4, 0.5) is 5.69 Å². The summed E-state index contributed by atoms with van der Waals surface area (Å²) in [6, 6.07) is 9.75. The number of thiophene rings is 1. The summed E-state index contributed by atoms with van der Waals surface area (Å²) in [4.78, 5) is 12.9. The Bertz CT molecular complexity index is 796. The average molecular weight is 401 g/mol. The molecule has 1 heterocycles. The Labute approximate surface area is 141 Å². The molecular formula is C14H13BrN2O3S2. The van der Waals surface area contributed by atoms with Crippen LogP contribution in [-0.2, 0) is 14.8 Å². The Morgan fingerprint density at radius 3 is 2.41 bits per heavy atom. The Morgan fingerprint density at radius 1 is 1.18 bits per heavy atom. The first-order valence-corrected chi connectivity index (χ1v) is 9.28. The van der Waals surface area contributed by atoms with Crippen LogP contribution in [0.1, 0.15) is 4.88 Å². The molecule has 0 unspecified atom stereocenters. The van der Waals surface area contributed by atoms with E-state index in [1.165, 1.54) is 48.7 Å². The minimum Gasteiger partial charge on any atom is -0.323 e. The first-order valence-electron chi connectivity index (χ1n) is 6.19.